The Morgan fingerprint density at radius 3 is 2.70 bits per heavy atom. The Hall–Kier alpha value is -3.68. The number of ether oxygens (including phenoxy) is 1. The summed E-state index contributed by atoms with van der Waals surface area (Å²) in [6.07, 6.45) is 8.40. The Labute approximate surface area is 220 Å². The summed E-state index contributed by atoms with van der Waals surface area (Å²) in [6, 6.07) is 13.3. The van der Waals surface area contributed by atoms with Crippen LogP contribution in [-0.2, 0) is 32.7 Å². The van der Waals surface area contributed by atoms with E-state index in [4.69, 9.17) is 16.3 Å². The van der Waals surface area contributed by atoms with Crippen LogP contribution in [0.25, 0.3) is 11.6 Å². The molecule has 1 fully saturated rings. The van der Waals surface area contributed by atoms with Gasteiger partial charge in [0.05, 0.1) is 6.20 Å². The fourth-order valence-electron chi connectivity index (χ4n) is 5.62. The van der Waals surface area contributed by atoms with Gasteiger partial charge in [-0.15, -0.1) is 0 Å². The second-order valence-corrected chi connectivity index (χ2v) is 10.1. The molecule has 1 aliphatic heterocycles. The average molecular weight is 515 g/mol. The van der Waals surface area contributed by atoms with Gasteiger partial charge in [0.25, 0.3) is 11.8 Å². The highest BCUT2D eigenvalue weighted by molar-refractivity contribution is 6.36. The van der Waals surface area contributed by atoms with Crippen molar-refractivity contribution in [3.63, 3.8) is 0 Å². The number of allylic oxidation sites excluding steroid dienone is 2. The molecule has 0 radical (unpaired) electrons. The standard InChI is InChI=1S/C29H27ClN4O3/c1-2-34-24(9-13-31-34)33-28(36)26(21-17-19-4-3-5-23(30)25(19)21)27(35)32-20-6-7-22-18(16-20)8-10-29(22)11-14-37-15-12-29/h3-10,13,16H,2,11-12,14-15,17H2,1H3,(H,32,35)(H,33,36). The molecule has 1 aromatic heterocycles. The van der Waals surface area contributed by atoms with Gasteiger partial charge >= 0.3 is 0 Å². The summed E-state index contributed by atoms with van der Waals surface area (Å²) in [7, 11) is 0. The van der Waals surface area contributed by atoms with Crippen molar-refractivity contribution in [1.29, 1.82) is 0 Å². The number of amides is 2. The maximum atomic E-state index is 13.7. The number of aryl methyl sites for hydroxylation is 1. The van der Waals surface area contributed by atoms with Crippen LogP contribution in [0.2, 0.25) is 5.02 Å². The van der Waals surface area contributed by atoms with Crippen molar-refractivity contribution in [2.75, 3.05) is 23.8 Å². The molecule has 0 bridgehead atoms. The van der Waals surface area contributed by atoms with E-state index in [1.54, 1.807) is 23.0 Å². The van der Waals surface area contributed by atoms with Crippen LogP contribution in [0.1, 0.15) is 42.0 Å². The van der Waals surface area contributed by atoms with E-state index in [1.165, 1.54) is 5.56 Å². The molecule has 2 amide bonds. The van der Waals surface area contributed by atoms with E-state index in [2.05, 4.69) is 34.0 Å². The predicted octanol–water partition coefficient (Wildman–Crippen LogP) is 5.22. The van der Waals surface area contributed by atoms with E-state index < -0.39 is 11.8 Å². The lowest BCUT2D eigenvalue weighted by Gasteiger charge is -2.33. The van der Waals surface area contributed by atoms with E-state index in [-0.39, 0.29) is 11.0 Å². The van der Waals surface area contributed by atoms with Gasteiger partial charge in [0, 0.05) is 47.5 Å². The average Bonchev–Trinajstić information content (AvgIpc) is 3.47. The second-order valence-electron chi connectivity index (χ2n) is 9.65. The zero-order chi connectivity index (χ0) is 25.6. The molecule has 2 N–H and O–H groups in total. The summed E-state index contributed by atoms with van der Waals surface area (Å²) in [5, 5.41) is 10.6. The number of hydrogen-bond acceptors (Lipinski definition) is 4. The predicted molar refractivity (Wildman–Crippen MR) is 144 cm³/mol. The van der Waals surface area contributed by atoms with E-state index in [1.807, 2.05) is 31.2 Å². The minimum Gasteiger partial charge on any atom is -0.381 e. The van der Waals surface area contributed by atoms with Crippen LogP contribution in [0, 0.1) is 0 Å². The van der Waals surface area contributed by atoms with Crippen molar-refractivity contribution < 1.29 is 14.3 Å². The molecule has 7 nitrogen and oxygen atoms in total. The van der Waals surface area contributed by atoms with Gasteiger partial charge in [0.1, 0.15) is 11.4 Å². The number of hydrogen-bond donors (Lipinski definition) is 2. The lowest BCUT2D eigenvalue weighted by molar-refractivity contribution is -0.118. The molecule has 0 unspecified atom stereocenters. The minimum atomic E-state index is -0.490. The van der Waals surface area contributed by atoms with Crippen LogP contribution >= 0.6 is 11.6 Å². The molecule has 0 atom stereocenters. The van der Waals surface area contributed by atoms with Gasteiger partial charge in [-0.25, -0.2) is 4.68 Å². The molecule has 3 aliphatic rings. The molecule has 2 aromatic carbocycles. The lowest BCUT2D eigenvalue weighted by Crippen LogP contribution is -2.31. The number of anilines is 2. The Balaban J connectivity index is 1.32. The Morgan fingerprint density at radius 1 is 1.11 bits per heavy atom. The molecule has 1 spiro atoms. The van der Waals surface area contributed by atoms with Crippen molar-refractivity contribution in [1.82, 2.24) is 9.78 Å². The number of rotatable bonds is 5. The molecular formula is C29H27ClN4O3. The maximum absolute atomic E-state index is 13.7. The highest BCUT2D eigenvalue weighted by Crippen LogP contribution is 2.44. The summed E-state index contributed by atoms with van der Waals surface area (Å²) in [4.78, 5) is 27.2. The number of benzene rings is 2. The topological polar surface area (TPSA) is 85.2 Å². The number of fused-ring (bicyclic) bond motifs is 3. The van der Waals surface area contributed by atoms with Gasteiger partial charge in [0.2, 0.25) is 0 Å². The zero-order valence-electron chi connectivity index (χ0n) is 20.5. The molecule has 188 valence electrons. The molecular weight excluding hydrogens is 488 g/mol. The van der Waals surface area contributed by atoms with Crippen molar-refractivity contribution in [3.8, 4) is 0 Å². The smallest absolute Gasteiger partial charge is 0.262 e. The largest absolute Gasteiger partial charge is 0.381 e. The third-order valence-electron chi connectivity index (χ3n) is 7.60. The van der Waals surface area contributed by atoms with Crippen molar-refractivity contribution in [3.05, 3.63) is 87.6 Å². The van der Waals surface area contributed by atoms with Gasteiger partial charge in [-0.3, -0.25) is 9.59 Å². The van der Waals surface area contributed by atoms with Crippen LogP contribution < -0.4 is 10.6 Å². The molecule has 2 aliphatic carbocycles. The van der Waals surface area contributed by atoms with Gasteiger partial charge in [-0.05, 0) is 66.6 Å². The van der Waals surface area contributed by atoms with Gasteiger partial charge in [-0.2, -0.15) is 5.10 Å². The van der Waals surface area contributed by atoms with Crippen molar-refractivity contribution in [2.45, 2.75) is 38.1 Å². The second kappa shape index (κ2) is 9.32. The first kappa shape index (κ1) is 23.7. The summed E-state index contributed by atoms with van der Waals surface area (Å²) in [5.41, 5.74) is 5.47. The lowest BCUT2D eigenvalue weighted by atomic mass is 9.76. The first-order valence-electron chi connectivity index (χ1n) is 12.6. The minimum absolute atomic E-state index is 0.0117. The summed E-state index contributed by atoms with van der Waals surface area (Å²) < 4.78 is 7.24. The van der Waals surface area contributed by atoms with Crippen LogP contribution in [0.4, 0.5) is 11.5 Å². The number of halogens is 1. The Morgan fingerprint density at radius 2 is 1.92 bits per heavy atom. The number of nitrogens with one attached hydrogen (secondary N) is 2. The van der Waals surface area contributed by atoms with E-state index in [0.29, 0.717) is 35.1 Å². The summed E-state index contributed by atoms with van der Waals surface area (Å²) >= 11 is 6.47. The first-order chi connectivity index (χ1) is 18.0. The van der Waals surface area contributed by atoms with Gasteiger partial charge in [-0.1, -0.05) is 42.0 Å². The van der Waals surface area contributed by atoms with Gasteiger partial charge < -0.3 is 15.4 Å². The SMILES string of the molecule is CCn1nccc1NC(=O)C(C(=O)Nc1ccc2c(c1)C=CC21CCOCC1)=C1Cc2cccc(Cl)c21. The summed E-state index contributed by atoms with van der Waals surface area (Å²) in [5.74, 6) is -0.430. The zero-order valence-corrected chi connectivity index (χ0v) is 21.3. The Kier molecular flexibility index (Phi) is 5.97. The summed E-state index contributed by atoms with van der Waals surface area (Å²) in [6.45, 7) is 4.01. The van der Waals surface area contributed by atoms with E-state index in [9.17, 15) is 9.59 Å². The third kappa shape index (κ3) is 4.08. The molecule has 0 saturated carbocycles. The van der Waals surface area contributed by atoms with E-state index >= 15 is 0 Å². The highest BCUT2D eigenvalue weighted by Gasteiger charge is 2.37. The fourth-order valence-corrected chi connectivity index (χ4v) is 5.93. The molecule has 37 heavy (non-hydrogen) atoms. The monoisotopic (exact) mass is 514 g/mol. The Bertz CT molecular complexity index is 1470. The number of carbonyl (C=O) groups excluding carboxylic acids is 2. The quantitative estimate of drug-likeness (QED) is 0.278. The fraction of sp³-hybridized carbons (Fsp3) is 0.276. The van der Waals surface area contributed by atoms with Gasteiger partial charge in [0.15, 0.2) is 0 Å². The van der Waals surface area contributed by atoms with Crippen LogP contribution in [-0.4, -0.2) is 34.8 Å². The maximum Gasteiger partial charge on any atom is 0.262 e. The van der Waals surface area contributed by atoms with Crippen molar-refractivity contribution in [2.24, 2.45) is 0 Å². The molecule has 8 heteroatoms. The molecule has 6 rings (SSSR count). The molecule has 1 saturated heterocycles. The first-order valence-corrected chi connectivity index (χ1v) is 12.9. The molecule has 2 heterocycles. The van der Waals surface area contributed by atoms with E-state index in [0.717, 1.165) is 42.7 Å². The number of nitrogens with zero attached hydrogens (tertiary/aromatic N) is 2. The van der Waals surface area contributed by atoms with Crippen molar-refractivity contribution >= 4 is 46.6 Å². The number of aromatic nitrogens is 2. The highest BCUT2D eigenvalue weighted by atomic mass is 35.5. The van der Waals surface area contributed by atoms with Crippen LogP contribution in [0.15, 0.2) is 60.3 Å². The van der Waals surface area contributed by atoms with Crippen LogP contribution in [0.3, 0.4) is 0 Å². The normalized spacial score (nSPS) is 18.1. The third-order valence-corrected chi connectivity index (χ3v) is 7.91. The molecule has 3 aromatic rings. The number of carbonyl (C=O) groups is 2. The van der Waals surface area contributed by atoms with Crippen LogP contribution in [0.5, 0.6) is 0 Å².